The van der Waals surface area contributed by atoms with Gasteiger partial charge in [0.25, 0.3) is 5.91 Å². The van der Waals surface area contributed by atoms with Crippen LogP contribution in [0.4, 0.5) is 17.6 Å². The van der Waals surface area contributed by atoms with Gasteiger partial charge in [-0.1, -0.05) is 11.8 Å². The van der Waals surface area contributed by atoms with Gasteiger partial charge >= 0.3 is 6.18 Å². The molecule has 0 radical (unpaired) electrons. The Labute approximate surface area is 119 Å². The molecule has 1 aromatic carbocycles. The van der Waals surface area contributed by atoms with Crippen LogP contribution < -0.4 is 0 Å². The maximum absolute atomic E-state index is 13.1. The van der Waals surface area contributed by atoms with E-state index in [4.69, 9.17) is 5.11 Å². The Balaban J connectivity index is 2.96. The fourth-order valence-corrected chi connectivity index (χ4v) is 1.54. The first kappa shape index (κ1) is 17.0. The van der Waals surface area contributed by atoms with Gasteiger partial charge < -0.3 is 10.0 Å². The van der Waals surface area contributed by atoms with Crippen LogP contribution in [0.1, 0.15) is 22.3 Å². The fourth-order valence-electron chi connectivity index (χ4n) is 1.54. The zero-order valence-corrected chi connectivity index (χ0v) is 11.2. The van der Waals surface area contributed by atoms with Crippen molar-refractivity contribution in [3.05, 3.63) is 35.1 Å². The van der Waals surface area contributed by atoms with Crippen LogP contribution in [0.25, 0.3) is 0 Å². The second kappa shape index (κ2) is 7.09. The zero-order chi connectivity index (χ0) is 16.0. The average molecular weight is 303 g/mol. The van der Waals surface area contributed by atoms with Gasteiger partial charge in [-0.25, -0.2) is 4.39 Å². The summed E-state index contributed by atoms with van der Waals surface area (Å²) in [4.78, 5) is 13.0. The molecule has 0 spiro atoms. The molecule has 0 atom stereocenters. The van der Waals surface area contributed by atoms with Crippen LogP contribution in [-0.2, 0) is 0 Å². The van der Waals surface area contributed by atoms with Gasteiger partial charge in [0.05, 0.1) is 12.0 Å². The molecule has 0 heterocycles. The number of amides is 1. The van der Waals surface area contributed by atoms with Crippen LogP contribution in [0.3, 0.4) is 0 Å². The molecular formula is C14H13F4NO2. The molecule has 1 rings (SSSR count). The molecule has 3 nitrogen and oxygen atoms in total. The third kappa shape index (κ3) is 5.44. The number of hydrogen-bond acceptors (Lipinski definition) is 2. The van der Waals surface area contributed by atoms with Gasteiger partial charge in [0, 0.05) is 19.2 Å². The van der Waals surface area contributed by atoms with Crippen LogP contribution in [0, 0.1) is 17.7 Å². The smallest absolute Gasteiger partial charge is 0.384 e. The molecular weight excluding hydrogens is 290 g/mol. The molecule has 1 amide bonds. The molecule has 0 saturated heterocycles. The van der Waals surface area contributed by atoms with Crippen LogP contribution in [0.15, 0.2) is 18.2 Å². The highest BCUT2D eigenvalue weighted by atomic mass is 19.4. The second-order valence-electron chi connectivity index (χ2n) is 4.24. The van der Waals surface area contributed by atoms with Gasteiger partial charge in [0.1, 0.15) is 12.4 Å². The number of carbonyl (C=O) groups is 1. The largest absolute Gasteiger partial charge is 0.390 e. The molecule has 0 aliphatic carbocycles. The van der Waals surface area contributed by atoms with Crippen molar-refractivity contribution in [2.75, 3.05) is 20.2 Å². The monoisotopic (exact) mass is 303 g/mol. The predicted molar refractivity (Wildman–Crippen MR) is 68.0 cm³/mol. The van der Waals surface area contributed by atoms with E-state index in [1.54, 1.807) is 0 Å². The molecule has 0 saturated carbocycles. The molecule has 0 fully saturated rings. The van der Waals surface area contributed by atoms with E-state index in [9.17, 15) is 22.4 Å². The lowest BCUT2D eigenvalue weighted by atomic mass is 10.1. The number of hydrogen-bond donors (Lipinski definition) is 1. The average Bonchev–Trinajstić information content (AvgIpc) is 2.41. The van der Waals surface area contributed by atoms with Crippen molar-refractivity contribution in [1.82, 2.24) is 4.90 Å². The summed E-state index contributed by atoms with van der Waals surface area (Å²) in [6.07, 6.45) is -5.50. The molecule has 1 N–H and O–H groups in total. The van der Waals surface area contributed by atoms with Gasteiger partial charge in [-0.05, 0) is 18.2 Å². The number of aliphatic hydroxyl groups excluding tert-OH is 1. The van der Waals surface area contributed by atoms with Crippen LogP contribution in [0.2, 0.25) is 0 Å². The second-order valence-corrected chi connectivity index (χ2v) is 4.24. The summed E-state index contributed by atoms with van der Waals surface area (Å²) in [5.74, 6) is 3.35. The van der Waals surface area contributed by atoms with E-state index >= 15 is 0 Å². The molecule has 0 aliphatic rings. The number of halogens is 4. The maximum atomic E-state index is 13.1. The molecule has 0 aliphatic heterocycles. The van der Waals surface area contributed by atoms with E-state index in [2.05, 4.69) is 11.8 Å². The van der Waals surface area contributed by atoms with Crippen molar-refractivity contribution in [2.24, 2.45) is 0 Å². The molecule has 0 unspecified atom stereocenters. The number of carbonyl (C=O) groups excluding carboxylic acids is 1. The van der Waals surface area contributed by atoms with Crippen molar-refractivity contribution < 1.29 is 27.5 Å². The Hall–Kier alpha value is -2.07. The van der Waals surface area contributed by atoms with Crippen molar-refractivity contribution >= 4 is 5.91 Å². The lowest BCUT2D eigenvalue weighted by molar-refractivity contribution is -0.136. The van der Waals surface area contributed by atoms with Gasteiger partial charge in [-0.2, -0.15) is 13.2 Å². The molecule has 0 bridgehead atoms. The number of nitrogens with zero attached hydrogens (tertiary/aromatic N) is 1. The normalized spacial score (nSPS) is 10.8. The Morgan fingerprint density at radius 3 is 2.62 bits per heavy atom. The van der Waals surface area contributed by atoms with E-state index in [-0.39, 0.29) is 11.1 Å². The highest BCUT2D eigenvalue weighted by Gasteiger charge is 2.28. The summed E-state index contributed by atoms with van der Waals surface area (Å²) in [5, 5.41) is 8.62. The Bertz CT molecular complexity index is 573. The molecule has 7 heteroatoms. The predicted octanol–water partition coefficient (Wildman–Crippen LogP) is 2.19. The lowest BCUT2D eigenvalue weighted by Crippen LogP contribution is -2.31. The Kier molecular flexibility index (Phi) is 5.73. The third-order valence-electron chi connectivity index (χ3n) is 2.59. The van der Waals surface area contributed by atoms with Crippen molar-refractivity contribution in [1.29, 1.82) is 0 Å². The highest BCUT2D eigenvalue weighted by molar-refractivity contribution is 5.96. The Morgan fingerprint density at radius 1 is 1.38 bits per heavy atom. The van der Waals surface area contributed by atoms with Gasteiger partial charge in [-0.3, -0.25) is 4.79 Å². The minimum atomic E-state index is -4.36. The van der Waals surface area contributed by atoms with E-state index in [0.717, 1.165) is 23.1 Å². The molecule has 114 valence electrons. The first-order chi connectivity index (χ1) is 9.74. The van der Waals surface area contributed by atoms with Crippen molar-refractivity contribution in [3.8, 4) is 11.8 Å². The quantitative estimate of drug-likeness (QED) is 0.687. The summed E-state index contributed by atoms with van der Waals surface area (Å²) < 4.78 is 49.6. The Morgan fingerprint density at radius 2 is 2.05 bits per heavy atom. The lowest BCUT2D eigenvalue weighted by Gasteiger charge is -2.19. The van der Waals surface area contributed by atoms with Gasteiger partial charge in [0.2, 0.25) is 0 Å². The van der Waals surface area contributed by atoms with Crippen LogP contribution >= 0.6 is 0 Å². The molecule has 21 heavy (non-hydrogen) atoms. The highest BCUT2D eigenvalue weighted by Crippen LogP contribution is 2.20. The van der Waals surface area contributed by atoms with E-state index in [0.29, 0.717) is 0 Å². The molecule has 0 aromatic heterocycles. The summed E-state index contributed by atoms with van der Waals surface area (Å²) in [6, 6.07) is 3.17. The van der Waals surface area contributed by atoms with Crippen molar-refractivity contribution in [3.63, 3.8) is 0 Å². The molecule has 1 aromatic rings. The van der Waals surface area contributed by atoms with Gasteiger partial charge in [-0.15, -0.1) is 0 Å². The number of benzene rings is 1. The SMILES string of the molecule is CN(CCC(F)(F)F)C(=O)c1ccc(F)cc1C#CCO. The number of aliphatic hydroxyl groups is 1. The van der Waals surface area contributed by atoms with Crippen LogP contribution in [-0.4, -0.2) is 42.3 Å². The summed E-state index contributed by atoms with van der Waals surface area (Å²) >= 11 is 0. The maximum Gasteiger partial charge on any atom is 0.390 e. The number of rotatable bonds is 3. The minimum Gasteiger partial charge on any atom is -0.384 e. The van der Waals surface area contributed by atoms with Gasteiger partial charge in [0.15, 0.2) is 0 Å². The first-order valence-corrected chi connectivity index (χ1v) is 5.96. The van der Waals surface area contributed by atoms with Crippen LogP contribution in [0.5, 0.6) is 0 Å². The summed E-state index contributed by atoms with van der Waals surface area (Å²) in [5.41, 5.74) is 0.00920. The van der Waals surface area contributed by atoms with Crippen molar-refractivity contribution in [2.45, 2.75) is 12.6 Å². The summed E-state index contributed by atoms with van der Waals surface area (Å²) in [6.45, 7) is -0.985. The van der Waals surface area contributed by atoms with E-state index < -0.39 is 37.5 Å². The summed E-state index contributed by atoms with van der Waals surface area (Å²) in [7, 11) is 1.22. The topological polar surface area (TPSA) is 40.5 Å². The third-order valence-corrected chi connectivity index (χ3v) is 2.59. The minimum absolute atomic E-state index is 0.0120. The fraction of sp³-hybridized carbons (Fsp3) is 0.357. The standard InChI is InChI=1S/C14H13F4NO2/c1-19(7-6-14(16,17)18)13(21)12-5-4-11(15)9-10(12)3-2-8-20/h4-5,9,20H,6-8H2,1H3. The van der Waals surface area contributed by atoms with E-state index in [1.165, 1.54) is 7.05 Å². The first-order valence-electron chi connectivity index (χ1n) is 5.96. The number of alkyl halides is 3. The zero-order valence-electron chi connectivity index (χ0n) is 11.2. The van der Waals surface area contributed by atoms with E-state index in [1.807, 2.05) is 0 Å².